The van der Waals surface area contributed by atoms with E-state index in [1.54, 1.807) is 31.4 Å². The number of carbonyl (C=O) groups is 1. The average molecular weight is 337 g/mol. The first-order valence-electron chi connectivity index (χ1n) is 7.96. The van der Waals surface area contributed by atoms with Crippen LogP contribution in [0, 0.1) is 0 Å². The van der Waals surface area contributed by atoms with E-state index in [2.05, 4.69) is 29.4 Å². The van der Waals surface area contributed by atoms with E-state index in [1.807, 2.05) is 24.3 Å². The fourth-order valence-corrected chi connectivity index (χ4v) is 2.46. The van der Waals surface area contributed by atoms with Gasteiger partial charge in [-0.1, -0.05) is 32.0 Å². The Morgan fingerprint density at radius 1 is 1.08 bits per heavy atom. The van der Waals surface area contributed by atoms with Crippen LogP contribution in [-0.2, 0) is 0 Å². The fourth-order valence-electron chi connectivity index (χ4n) is 2.46. The minimum Gasteiger partial charge on any atom is -0.497 e. The summed E-state index contributed by atoms with van der Waals surface area (Å²) >= 11 is 0. The summed E-state index contributed by atoms with van der Waals surface area (Å²) in [6, 6.07) is 14.8. The van der Waals surface area contributed by atoms with Gasteiger partial charge < -0.3 is 14.5 Å². The Labute approximate surface area is 145 Å². The van der Waals surface area contributed by atoms with Gasteiger partial charge in [-0.05, 0) is 41.8 Å². The van der Waals surface area contributed by atoms with Gasteiger partial charge in [-0.3, -0.25) is 4.79 Å². The Hall–Kier alpha value is -3.15. The van der Waals surface area contributed by atoms with Crippen molar-refractivity contribution < 1.29 is 13.9 Å². The number of nitrogens with one attached hydrogen (secondary N) is 1. The molecule has 0 aliphatic rings. The van der Waals surface area contributed by atoms with E-state index in [4.69, 9.17) is 9.15 Å². The minimum atomic E-state index is -0.430. The highest BCUT2D eigenvalue weighted by Crippen LogP contribution is 2.25. The molecule has 0 fully saturated rings. The summed E-state index contributed by atoms with van der Waals surface area (Å²) in [6.07, 6.45) is 0. The number of carbonyl (C=O) groups excluding carboxylic acids is 1. The van der Waals surface area contributed by atoms with E-state index in [9.17, 15) is 4.79 Å². The zero-order chi connectivity index (χ0) is 17.8. The molecule has 6 heteroatoms. The van der Waals surface area contributed by atoms with Gasteiger partial charge in [-0.15, -0.1) is 10.2 Å². The fraction of sp³-hybridized carbons (Fsp3) is 0.211. The van der Waals surface area contributed by atoms with Gasteiger partial charge >= 0.3 is 11.8 Å². The van der Waals surface area contributed by atoms with Crippen molar-refractivity contribution in [1.82, 2.24) is 10.2 Å². The van der Waals surface area contributed by atoms with Crippen LogP contribution in [-0.4, -0.2) is 23.2 Å². The monoisotopic (exact) mass is 337 g/mol. The first-order valence-corrected chi connectivity index (χ1v) is 7.96. The number of amides is 1. The van der Waals surface area contributed by atoms with Crippen LogP contribution in [0.2, 0.25) is 0 Å². The number of hydrogen-bond donors (Lipinski definition) is 1. The summed E-state index contributed by atoms with van der Waals surface area (Å²) in [6.45, 7) is 4.14. The van der Waals surface area contributed by atoms with Crippen molar-refractivity contribution >= 4 is 11.6 Å². The highest BCUT2D eigenvalue weighted by molar-refractivity contribution is 6.01. The van der Waals surface area contributed by atoms with Crippen molar-refractivity contribution in [2.24, 2.45) is 0 Å². The SMILES string of the molecule is COc1ccc(-c2nnc(C(=O)Nc3ccccc3C(C)C)o2)cc1. The molecule has 3 rings (SSSR count). The number of benzene rings is 2. The molecule has 1 aromatic heterocycles. The molecule has 25 heavy (non-hydrogen) atoms. The highest BCUT2D eigenvalue weighted by Gasteiger charge is 2.17. The molecular weight excluding hydrogens is 318 g/mol. The Kier molecular flexibility index (Phi) is 4.79. The van der Waals surface area contributed by atoms with E-state index in [1.165, 1.54) is 0 Å². The lowest BCUT2D eigenvalue weighted by atomic mass is 10.0. The predicted molar refractivity (Wildman–Crippen MR) is 94.8 cm³/mol. The summed E-state index contributed by atoms with van der Waals surface area (Å²) in [5.41, 5.74) is 2.51. The molecule has 0 saturated carbocycles. The molecule has 1 amide bonds. The van der Waals surface area contributed by atoms with Gasteiger partial charge in [0.15, 0.2) is 0 Å². The molecule has 0 saturated heterocycles. The predicted octanol–water partition coefficient (Wildman–Crippen LogP) is 4.12. The normalized spacial score (nSPS) is 10.7. The van der Waals surface area contributed by atoms with E-state index in [0.29, 0.717) is 0 Å². The minimum absolute atomic E-state index is 0.0793. The van der Waals surface area contributed by atoms with Crippen molar-refractivity contribution in [3.8, 4) is 17.2 Å². The molecule has 3 aromatic rings. The number of para-hydroxylation sites is 1. The van der Waals surface area contributed by atoms with Crippen LogP contribution in [0.15, 0.2) is 52.9 Å². The molecule has 0 atom stereocenters. The van der Waals surface area contributed by atoms with Crippen molar-refractivity contribution in [1.29, 1.82) is 0 Å². The summed E-state index contributed by atoms with van der Waals surface area (Å²) in [5.74, 6) is 0.787. The van der Waals surface area contributed by atoms with E-state index >= 15 is 0 Å². The van der Waals surface area contributed by atoms with Gasteiger partial charge in [0.25, 0.3) is 0 Å². The molecule has 0 bridgehead atoms. The number of rotatable bonds is 5. The molecular formula is C19H19N3O3. The quantitative estimate of drug-likeness (QED) is 0.758. The second kappa shape index (κ2) is 7.17. The number of ether oxygens (including phenoxy) is 1. The van der Waals surface area contributed by atoms with Crippen molar-refractivity contribution in [2.75, 3.05) is 12.4 Å². The lowest BCUT2D eigenvalue weighted by Gasteiger charge is -2.12. The maximum Gasteiger partial charge on any atom is 0.313 e. The molecule has 1 N–H and O–H groups in total. The Balaban J connectivity index is 1.79. The van der Waals surface area contributed by atoms with E-state index in [-0.39, 0.29) is 17.7 Å². The molecule has 0 spiro atoms. The Morgan fingerprint density at radius 2 is 1.80 bits per heavy atom. The van der Waals surface area contributed by atoms with Crippen LogP contribution in [0.5, 0.6) is 5.75 Å². The Bertz CT molecular complexity index is 870. The smallest absolute Gasteiger partial charge is 0.313 e. The molecule has 0 aliphatic heterocycles. The molecule has 6 nitrogen and oxygen atoms in total. The van der Waals surface area contributed by atoms with Crippen molar-refractivity contribution in [3.05, 3.63) is 60.0 Å². The number of anilines is 1. The third-order valence-corrected chi connectivity index (χ3v) is 3.79. The molecule has 2 aromatic carbocycles. The van der Waals surface area contributed by atoms with Crippen LogP contribution >= 0.6 is 0 Å². The van der Waals surface area contributed by atoms with Gasteiger partial charge in [0.05, 0.1) is 7.11 Å². The number of aromatic nitrogens is 2. The van der Waals surface area contributed by atoms with Gasteiger partial charge in [0.2, 0.25) is 5.89 Å². The standard InChI is InChI=1S/C19H19N3O3/c1-12(2)15-6-4-5-7-16(15)20-17(23)19-22-21-18(25-19)13-8-10-14(24-3)11-9-13/h4-12H,1-3H3,(H,20,23). The molecule has 0 radical (unpaired) electrons. The number of methoxy groups -OCH3 is 1. The average Bonchev–Trinajstić information content (AvgIpc) is 3.12. The number of hydrogen-bond acceptors (Lipinski definition) is 5. The maximum atomic E-state index is 12.4. The summed E-state index contributed by atoms with van der Waals surface area (Å²) in [4.78, 5) is 12.4. The van der Waals surface area contributed by atoms with Crippen LogP contribution < -0.4 is 10.1 Å². The lowest BCUT2D eigenvalue weighted by Crippen LogP contribution is -2.14. The summed E-state index contributed by atoms with van der Waals surface area (Å²) in [7, 11) is 1.60. The first-order chi connectivity index (χ1) is 12.1. The third kappa shape index (κ3) is 3.68. The zero-order valence-electron chi connectivity index (χ0n) is 14.3. The Morgan fingerprint density at radius 3 is 2.48 bits per heavy atom. The van der Waals surface area contributed by atoms with Gasteiger partial charge in [-0.25, -0.2) is 0 Å². The maximum absolute atomic E-state index is 12.4. The number of nitrogens with zero attached hydrogens (tertiary/aromatic N) is 2. The second-order valence-electron chi connectivity index (χ2n) is 5.84. The largest absolute Gasteiger partial charge is 0.497 e. The van der Waals surface area contributed by atoms with Gasteiger partial charge in [-0.2, -0.15) is 0 Å². The zero-order valence-corrected chi connectivity index (χ0v) is 14.3. The first kappa shape index (κ1) is 16.7. The second-order valence-corrected chi connectivity index (χ2v) is 5.84. The van der Waals surface area contributed by atoms with Gasteiger partial charge in [0, 0.05) is 11.3 Å². The van der Waals surface area contributed by atoms with Crippen LogP contribution in [0.3, 0.4) is 0 Å². The molecule has 0 unspecified atom stereocenters. The van der Waals surface area contributed by atoms with Gasteiger partial charge in [0.1, 0.15) is 5.75 Å². The van der Waals surface area contributed by atoms with Crippen molar-refractivity contribution in [2.45, 2.75) is 19.8 Å². The topological polar surface area (TPSA) is 77.2 Å². The summed E-state index contributed by atoms with van der Waals surface area (Å²) < 4.78 is 10.6. The van der Waals surface area contributed by atoms with E-state index < -0.39 is 5.91 Å². The van der Waals surface area contributed by atoms with Crippen LogP contribution in [0.1, 0.15) is 36.0 Å². The summed E-state index contributed by atoms with van der Waals surface area (Å²) in [5, 5.41) is 10.6. The van der Waals surface area contributed by atoms with E-state index in [0.717, 1.165) is 22.6 Å². The van der Waals surface area contributed by atoms with Crippen LogP contribution in [0.4, 0.5) is 5.69 Å². The molecule has 1 heterocycles. The molecule has 128 valence electrons. The third-order valence-electron chi connectivity index (χ3n) is 3.79. The highest BCUT2D eigenvalue weighted by atomic mass is 16.5. The lowest BCUT2D eigenvalue weighted by molar-refractivity contribution is 0.0990. The van der Waals surface area contributed by atoms with Crippen LogP contribution in [0.25, 0.3) is 11.5 Å². The molecule has 0 aliphatic carbocycles. The van der Waals surface area contributed by atoms with Crippen molar-refractivity contribution in [3.63, 3.8) is 0 Å².